The van der Waals surface area contributed by atoms with Crippen molar-refractivity contribution in [2.24, 2.45) is 0 Å². The van der Waals surface area contributed by atoms with Crippen LogP contribution in [0.3, 0.4) is 0 Å². The minimum Gasteiger partial charge on any atom is -0.465 e. The lowest BCUT2D eigenvalue weighted by molar-refractivity contribution is 0.0602. The van der Waals surface area contributed by atoms with E-state index >= 15 is 0 Å². The number of urea groups is 1. The number of halogens is 1. The van der Waals surface area contributed by atoms with E-state index in [0.29, 0.717) is 24.5 Å². The van der Waals surface area contributed by atoms with Gasteiger partial charge in [0.2, 0.25) is 0 Å². The zero-order chi connectivity index (χ0) is 24.1. The van der Waals surface area contributed by atoms with Gasteiger partial charge in [0.05, 0.1) is 18.4 Å². The largest absolute Gasteiger partial charge is 0.465 e. The Hall–Kier alpha value is -3.91. The van der Waals surface area contributed by atoms with Gasteiger partial charge in [-0.3, -0.25) is 0 Å². The molecule has 9 heteroatoms. The van der Waals surface area contributed by atoms with Gasteiger partial charge in [0.15, 0.2) is 5.65 Å². The van der Waals surface area contributed by atoms with E-state index in [1.807, 2.05) is 31.2 Å². The zero-order valence-electron chi connectivity index (χ0n) is 18.8. The fourth-order valence-electron chi connectivity index (χ4n) is 3.61. The number of amides is 2. The highest BCUT2D eigenvalue weighted by molar-refractivity contribution is 6.31. The molecule has 0 saturated carbocycles. The fraction of sp³-hybridized carbons (Fsp3) is 0.200. The van der Waals surface area contributed by atoms with E-state index in [0.717, 1.165) is 22.6 Å². The van der Waals surface area contributed by atoms with Crippen LogP contribution in [0, 0.1) is 6.92 Å². The maximum absolute atomic E-state index is 12.4. The first-order valence-electron chi connectivity index (χ1n) is 10.8. The minimum atomic E-state index is -0.560. The Bertz CT molecular complexity index is 1330. The van der Waals surface area contributed by atoms with Gasteiger partial charge >= 0.3 is 12.0 Å². The Morgan fingerprint density at radius 1 is 1.12 bits per heavy atom. The van der Waals surface area contributed by atoms with Gasteiger partial charge in [0.1, 0.15) is 11.3 Å². The lowest BCUT2D eigenvalue weighted by Crippen LogP contribution is -2.30. The van der Waals surface area contributed by atoms with Gasteiger partial charge in [-0.05, 0) is 43.7 Å². The van der Waals surface area contributed by atoms with Crippen LogP contribution in [0.15, 0.2) is 60.8 Å². The Morgan fingerprint density at radius 2 is 1.91 bits per heavy atom. The number of anilines is 1. The molecule has 0 spiro atoms. The Morgan fingerprint density at radius 3 is 2.68 bits per heavy atom. The number of aromatic nitrogens is 3. The minimum absolute atomic E-state index is 0.223. The van der Waals surface area contributed by atoms with Crippen LogP contribution < -0.4 is 10.6 Å². The molecule has 2 heterocycles. The van der Waals surface area contributed by atoms with Gasteiger partial charge in [-0.1, -0.05) is 41.4 Å². The molecule has 0 fully saturated rings. The molecule has 8 nitrogen and oxygen atoms in total. The average Bonchev–Trinajstić information content (AvgIpc) is 3.20. The highest BCUT2D eigenvalue weighted by Crippen LogP contribution is 2.24. The maximum atomic E-state index is 12.4. The number of carbonyl (C=O) groups excluding carboxylic acids is 2. The highest BCUT2D eigenvalue weighted by Gasteiger charge is 2.15. The highest BCUT2D eigenvalue weighted by atomic mass is 35.5. The van der Waals surface area contributed by atoms with Crippen LogP contribution in [0.2, 0.25) is 5.02 Å². The maximum Gasteiger partial charge on any atom is 0.339 e. The number of imidazole rings is 1. The average molecular weight is 478 g/mol. The van der Waals surface area contributed by atoms with Gasteiger partial charge in [0, 0.05) is 29.9 Å². The van der Waals surface area contributed by atoms with Gasteiger partial charge in [-0.25, -0.2) is 19.6 Å². The zero-order valence-corrected chi connectivity index (χ0v) is 19.6. The normalized spacial score (nSPS) is 10.8. The Kier molecular flexibility index (Phi) is 7.08. The number of hydrogen-bond donors (Lipinski definition) is 2. The number of esters is 1. The summed E-state index contributed by atoms with van der Waals surface area (Å²) in [5, 5.41) is 5.87. The Labute approximate surface area is 201 Å². The van der Waals surface area contributed by atoms with E-state index in [1.54, 1.807) is 12.3 Å². The number of nitrogens with zero attached hydrogens (tertiary/aromatic N) is 3. The second-order valence-corrected chi connectivity index (χ2v) is 8.15. The van der Waals surface area contributed by atoms with E-state index in [1.165, 1.54) is 24.8 Å². The number of pyridine rings is 1. The van der Waals surface area contributed by atoms with Crippen molar-refractivity contribution in [3.05, 3.63) is 76.9 Å². The number of methoxy groups -OCH3 is 1. The number of benzene rings is 2. The third-order valence-corrected chi connectivity index (χ3v) is 5.53. The molecule has 0 aliphatic rings. The molecular weight excluding hydrogens is 454 g/mol. The summed E-state index contributed by atoms with van der Waals surface area (Å²) in [7, 11) is 1.28. The lowest BCUT2D eigenvalue weighted by Gasteiger charge is -2.12. The summed E-state index contributed by atoms with van der Waals surface area (Å²) in [4.78, 5) is 33.6. The summed E-state index contributed by atoms with van der Waals surface area (Å²) in [6.07, 6.45) is 2.39. The van der Waals surface area contributed by atoms with Crippen LogP contribution in [0.4, 0.5) is 10.5 Å². The first-order valence-corrected chi connectivity index (χ1v) is 11.1. The molecule has 0 saturated heterocycles. The number of carbonyl (C=O) groups is 2. The molecule has 4 rings (SSSR count). The van der Waals surface area contributed by atoms with Crippen molar-refractivity contribution in [1.29, 1.82) is 0 Å². The van der Waals surface area contributed by atoms with Gasteiger partial charge in [-0.2, -0.15) is 0 Å². The van der Waals surface area contributed by atoms with E-state index in [2.05, 4.69) is 32.3 Å². The predicted octanol–water partition coefficient (Wildman–Crippen LogP) is 5.06. The summed E-state index contributed by atoms with van der Waals surface area (Å²) in [5.41, 5.74) is 4.30. The molecule has 0 unspecified atom stereocenters. The molecule has 0 aliphatic heterocycles. The van der Waals surface area contributed by atoms with E-state index in [-0.39, 0.29) is 11.3 Å². The van der Waals surface area contributed by atoms with E-state index in [4.69, 9.17) is 21.3 Å². The van der Waals surface area contributed by atoms with Crippen LogP contribution in [0.25, 0.3) is 22.6 Å². The first-order chi connectivity index (χ1) is 16.5. The molecule has 2 aromatic heterocycles. The van der Waals surface area contributed by atoms with Crippen LogP contribution in [0.5, 0.6) is 0 Å². The fourth-order valence-corrected chi connectivity index (χ4v) is 3.78. The molecule has 2 amide bonds. The number of aryl methyl sites for hydroxylation is 2. The smallest absolute Gasteiger partial charge is 0.339 e. The monoisotopic (exact) mass is 477 g/mol. The van der Waals surface area contributed by atoms with Crippen molar-refractivity contribution >= 4 is 40.5 Å². The predicted molar refractivity (Wildman–Crippen MR) is 132 cm³/mol. The van der Waals surface area contributed by atoms with Crippen molar-refractivity contribution in [2.45, 2.75) is 19.9 Å². The summed E-state index contributed by atoms with van der Waals surface area (Å²) < 4.78 is 6.82. The molecule has 2 N–H and O–H groups in total. The molecular formula is C25H24ClN5O3. The first kappa shape index (κ1) is 23.3. The second-order valence-electron chi connectivity index (χ2n) is 7.72. The number of fused-ring (bicyclic) bond motifs is 1. The van der Waals surface area contributed by atoms with E-state index < -0.39 is 12.0 Å². The van der Waals surface area contributed by atoms with Crippen molar-refractivity contribution in [1.82, 2.24) is 19.9 Å². The van der Waals surface area contributed by atoms with Crippen molar-refractivity contribution in [3.63, 3.8) is 0 Å². The molecule has 174 valence electrons. The third kappa shape index (κ3) is 5.18. The van der Waals surface area contributed by atoms with Crippen LogP contribution >= 0.6 is 11.6 Å². The topological polar surface area (TPSA) is 98.1 Å². The molecule has 0 atom stereocenters. The van der Waals surface area contributed by atoms with Crippen LogP contribution in [0.1, 0.15) is 22.3 Å². The molecule has 34 heavy (non-hydrogen) atoms. The number of ether oxygens (including phenoxy) is 1. The molecule has 4 aromatic rings. The van der Waals surface area contributed by atoms with Crippen molar-refractivity contribution < 1.29 is 14.3 Å². The quantitative estimate of drug-likeness (QED) is 0.286. The number of hydrogen-bond acceptors (Lipinski definition) is 5. The van der Waals surface area contributed by atoms with Crippen LogP contribution in [-0.4, -0.2) is 40.2 Å². The van der Waals surface area contributed by atoms with Gasteiger partial charge < -0.3 is 19.9 Å². The van der Waals surface area contributed by atoms with Gasteiger partial charge in [-0.15, -0.1) is 0 Å². The molecule has 2 aromatic carbocycles. The van der Waals surface area contributed by atoms with E-state index in [9.17, 15) is 9.59 Å². The summed E-state index contributed by atoms with van der Waals surface area (Å²) in [5.74, 6) is 0.273. The summed E-state index contributed by atoms with van der Waals surface area (Å²) in [6, 6.07) is 16.1. The number of rotatable bonds is 7. The molecule has 0 radical (unpaired) electrons. The summed E-state index contributed by atoms with van der Waals surface area (Å²) in [6.45, 7) is 3.06. The van der Waals surface area contributed by atoms with Crippen molar-refractivity contribution in [3.8, 4) is 11.4 Å². The second kappa shape index (κ2) is 10.4. The number of nitrogens with one attached hydrogen (secondary N) is 2. The Balaban J connectivity index is 1.43. The summed E-state index contributed by atoms with van der Waals surface area (Å²) >= 11 is 6.02. The van der Waals surface area contributed by atoms with Crippen LogP contribution in [-0.2, 0) is 11.3 Å². The molecule has 0 aliphatic carbocycles. The third-order valence-electron chi connectivity index (χ3n) is 5.29. The SMILES string of the molecule is COC(=O)c1ccc(Cl)cc1NC(=O)NCCCn1c(-c2ccc(C)cc2)nc2cccnc21. The van der Waals surface area contributed by atoms with Gasteiger partial charge in [0.25, 0.3) is 0 Å². The lowest BCUT2D eigenvalue weighted by atomic mass is 10.1. The standard InChI is InChI=1S/C25H24ClN5O3/c1-16-6-8-17(9-7-16)22-29-20-5-3-12-27-23(20)31(22)14-4-13-28-25(33)30-21-15-18(26)10-11-19(21)24(32)34-2/h3,5-12,15H,4,13-14H2,1-2H3,(H2,28,30,33). The molecule has 0 bridgehead atoms. The van der Waals surface area contributed by atoms with Crippen molar-refractivity contribution in [2.75, 3.05) is 19.0 Å².